The van der Waals surface area contributed by atoms with Crippen molar-refractivity contribution in [3.8, 4) is 0 Å². The van der Waals surface area contributed by atoms with Gasteiger partial charge in [-0.2, -0.15) is 0 Å². The van der Waals surface area contributed by atoms with E-state index in [4.69, 9.17) is 5.73 Å². The van der Waals surface area contributed by atoms with Crippen molar-refractivity contribution >= 4 is 28.5 Å². The Kier molecular flexibility index (Phi) is 15.6. The molecule has 1 saturated carbocycles. The number of fused-ring (bicyclic) bond motifs is 1. The maximum absolute atomic E-state index is 13.3. The Labute approximate surface area is 207 Å². The Morgan fingerprint density at radius 1 is 1.11 bits per heavy atom. The van der Waals surface area contributed by atoms with Crippen LogP contribution >= 0.6 is 11.8 Å². The predicted octanol–water partition coefficient (Wildman–Crippen LogP) is 6.47. The molecule has 1 unspecified atom stereocenters. The molecule has 35 heavy (non-hydrogen) atoms. The summed E-state index contributed by atoms with van der Waals surface area (Å²) in [4.78, 5) is 20.2. The number of halogens is 5. The summed E-state index contributed by atoms with van der Waals surface area (Å²) in [5.74, 6) is -1.47. The van der Waals surface area contributed by atoms with E-state index in [1.165, 1.54) is 19.4 Å². The van der Waals surface area contributed by atoms with E-state index in [2.05, 4.69) is 15.3 Å². The van der Waals surface area contributed by atoms with Crippen molar-refractivity contribution < 1.29 is 26.7 Å². The van der Waals surface area contributed by atoms with Crippen molar-refractivity contribution in [3.63, 3.8) is 0 Å². The van der Waals surface area contributed by atoms with Crippen molar-refractivity contribution in [3.05, 3.63) is 58.4 Å². The average Bonchev–Trinajstić information content (AvgIpc) is 3.59. The lowest BCUT2D eigenvalue weighted by molar-refractivity contribution is 0.102. The summed E-state index contributed by atoms with van der Waals surface area (Å²) in [6.07, 6.45) is 2.92. The van der Waals surface area contributed by atoms with Crippen molar-refractivity contribution in [1.82, 2.24) is 4.98 Å². The molecule has 2 aromatic rings. The van der Waals surface area contributed by atoms with E-state index in [1.54, 1.807) is 24.9 Å². The smallest absolute Gasteiger partial charge is 0.274 e. The zero-order valence-electron chi connectivity index (χ0n) is 20.8. The van der Waals surface area contributed by atoms with Crippen LogP contribution in [0.1, 0.15) is 47.4 Å². The van der Waals surface area contributed by atoms with Crippen LogP contribution in [0, 0.1) is 38.3 Å². The molecule has 0 spiro atoms. The Balaban J connectivity index is 0.000000631. The molecular formula is C24H33F5N4OS. The summed E-state index contributed by atoms with van der Waals surface area (Å²) in [5.41, 5.74) is 7.73. The number of aliphatic imine (C=N–C) groups is 1. The lowest BCUT2D eigenvalue weighted by Gasteiger charge is -2.09. The number of carbonyl (C=O) groups excluding carboxylic acids is 1. The number of anilines is 1. The third kappa shape index (κ3) is 11.1. The molecule has 1 aromatic carbocycles. The number of nitrogens with zero attached hydrogens (tertiary/aromatic N) is 2. The number of amidine groups is 1. The van der Waals surface area contributed by atoms with Gasteiger partial charge in [-0.05, 0) is 55.9 Å². The Hall–Kier alpha value is -2.69. The first-order valence-corrected chi connectivity index (χ1v) is 11.7. The van der Waals surface area contributed by atoms with E-state index in [9.17, 15) is 26.7 Å². The van der Waals surface area contributed by atoms with Gasteiger partial charge in [0.1, 0.15) is 5.69 Å². The quantitative estimate of drug-likeness (QED) is 0.445. The number of hydrogen-bond donors (Lipinski definition) is 2. The molecule has 1 amide bonds. The van der Waals surface area contributed by atoms with Crippen LogP contribution in [-0.2, 0) is 0 Å². The number of nitrogens with two attached hydrogens (primary N) is 1. The molecule has 1 aliphatic heterocycles. The standard InChI is InChI=1S/C15H14F2N2O.C5H8N2S.C2H6.CH2F2.CH3F/c1-8-4-10(3)14(18-7-8)15(20)19-11-5-9(2)13(17)12(16)6-11;6-5-7-2-3-1-4(3)8-5;1-2;2-1-3;1-2/h4-7H,1-3H3,(H,19,20);3-4H,1-2H2,(H2,6,7);1-2H3;1H2;1H3/t;3-,4?;;;/m.0.../s1. The highest BCUT2D eigenvalue weighted by atomic mass is 32.2. The molecule has 0 bridgehead atoms. The van der Waals surface area contributed by atoms with Crippen LogP contribution in [-0.4, -0.2) is 42.0 Å². The molecular weight excluding hydrogens is 487 g/mol. The van der Waals surface area contributed by atoms with Crippen LogP contribution in [0.5, 0.6) is 0 Å². The number of benzene rings is 1. The minimum atomic E-state index is -1.75. The third-order valence-electron chi connectivity index (χ3n) is 4.51. The number of aromatic nitrogens is 1. The summed E-state index contributed by atoms with van der Waals surface area (Å²) in [6.45, 7) is 8.32. The second-order valence-corrected chi connectivity index (χ2v) is 8.41. The lowest BCUT2D eigenvalue weighted by Crippen LogP contribution is -2.15. The van der Waals surface area contributed by atoms with E-state index in [0.29, 0.717) is 7.18 Å². The van der Waals surface area contributed by atoms with Gasteiger partial charge < -0.3 is 11.1 Å². The first-order chi connectivity index (χ1) is 16.7. The van der Waals surface area contributed by atoms with Gasteiger partial charge in [-0.25, -0.2) is 17.6 Å². The van der Waals surface area contributed by atoms with Gasteiger partial charge in [0, 0.05) is 29.7 Å². The van der Waals surface area contributed by atoms with Gasteiger partial charge in [0.2, 0.25) is 6.93 Å². The minimum Gasteiger partial charge on any atom is -0.379 e. The summed E-state index contributed by atoms with van der Waals surface area (Å²) < 4.78 is 55.2. The summed E-state index contributed by atoms with van der Waals surface area (Å²) in [5, 5.41) is 4.15. The topological polar surface area (TPSA) is 80.4 Å². The van der Waals surface area contributed by atoms with Crippen molar-refractivity contribution in [2.24, 2.45) is 16.6 Å². The first kappa shape index (κ1) is 32.3. The Morgan fingerprint density at radius 3 is 2.20 bits per heavy atom. The van der Waals surface area contributed by atoms with Gasteiger partial charge in [0.05, 0.1) is 7.18 Å². The van der Waals surface area contributed by atoms with Gasteiger partial charge in [-0.1, -0.05) is 31.7 Å². The molecule has 4 rings (SSSR count). The van der Waals surface area contributed by atoms with Crippen LogP contribution in [0.3, 0.4) is 0 Å². The SMILES string of the molecule is CC.CF.Cc1cnc(C(=O)Nc2cc(C)c(F)c(F)c2)c(C)c1.FCF.NC1=NC[C@@H]2CC2S1. The highest BCUT2D eigenvalue weighted by Gasteiger charge is 2.40. The molecule has 1 fully saturated rings. The van der Waals surface area contributed by atoms with Crippen LogP contribution in [0.4, 0.5) is 27.6 Å². The highest BCUT2D eigenvalue weighted by molar-refractivity contribution is 8.14. The molecule has 0 radical (unpaired) electrons. The molecule has 2 aliphatic rings. The molecule has 3 N–H and O–H groups in total. The van der Waals surface area contributed by atoms with Crippen LogP contribution < -0.4 is 11.1 Å². The number of pyridine rings is 1. The van der Waals surface area contributed by atoms with E-state index in [1.807, 2.05) is 26.8 Å². The van der Waals surface area contributed by atoms with Crippen molar-refractivity contribution in [1.29, 1.82) is 0 Å². The molecule has 2 heterocycles. The van der Waals surface area contributed by atoms with E-state index >= 15 is 0 Å². The number of aryl methyl sites for hydroxylation is 3. The van der Waals surface area contributed by atoms with E-state index < -0.39 is 24.5 Å². The summed E-state index contributed by atoms with van der Waals surface area (Å²) >= 11 is 1.74. The van der Waals surface area contributed by atoms with Crippen LogP contribution in [0.2, 0.25) is 0 Å². The predicted molar refractivity (Wildman–Crippen MR) is 134 cm³/mol. The number of alkyl halides is 3. The fourth-order valence-electron chi connectivity index (χ4n) is 2.90. The number of amides is 1. The number of hydrogen-bond acceptors (Lipinski definition) is 5. The second kappa shape index (κ2) is 16.9. The van der Waals surface area contributed by atoms with E-state index in [0.717, 1.165) is 40.1 Å². The Morgan fingerprint density at radius 2 is 1.71 bits per heavy atom. The second-order valence-electron chi connectivity index (χ2n) is 7.15. The zero-order chi connectivity index (χ0) is 27.1. The van der Waals surface area contributed by atoms with Crippen LogP contribution in [0.15, 0.2) is 29.4 Å². The molecule has 1 aliphatic carbocycles. The minimum absolute atomic E-state index is 0.133. The van der Waals surface area contributed by atoms with Gasteiger partial charge in [-0.15, -0.1) is 0 Å². The molecule has 196 valence electrons. The number of carbonyl (C=O) groups is 1. The van der Waals surface area contributed by atoms with E-state index in [-0.39, 0.29) is 16.9 Å². The maximum Gasteiger partial charge on any atom is 0.274 e. The molecule has 2 atom stereocenters. The van der Waals surface area contributed by atoms with Gasteiger partial charge in [-0.3, -0.25) is 19.2 Å². The summed E-state index contributed by atoms with van der Waals surface area (Å²) in [7, 11) is 0.500. The molecule has 0 saturated heterocycles. The van der Waals surface area contributed by atoms with Crippen LogP contribution in [0.25, 0.3) is 0 Å². The first-order valence-electron chi connectivity index (χ1n) is 10.8. The Bertz CT molecular complexity index is 952. The largest absolute Gasteiger partial charge is 0.379 e. The monoisotopic (exact) mass is 520 g/mol. The zero-order valence-corrected chi connectivity index (χ0v) is 21.6. The average molecular weight is 521 g/mol. The number of thioether (sulfide) groups is 1. The fourth-order valence-corrected chi connectivity index (χ4v) is 3.98. The number of nitrogens with one attached hydrogen (secondary N) is 1. The normalized spacial score (nSPS) is 16.6. The van der Waals surface area contributed by atoms with Gasteiger partial charge >= 0.3 is 0 Å². The fraction of sp³-hybridized carbons (Fsp3) is 0.458. The van der Waals surface area contributed by atoms with Gasteiger partial charge in [0.25, 0.3) is 5.91 Å². The maximum atomic E-state index is 13.3. The van der Waals surface area contributed by atoms with Gasteiger partial charge in [0.15, 0.2) is 16.8 Å². The summed E-state index contributed by atoms with van der Waals surface area (Å²) in [6, 6.07) is 4.15. The highest BCUT2D eigenvalue weighted by Crippen LogP contribution is 2.44. The van der Waals surface area contributed by atoms with Crippen molar-refractivity contribution in [2.45, 2.75) is 46.3 Å². The molecule has 1 aromatic heterocycles. The molecule has 11 heteroatoms. The van der Waals surface area contributed by atoms with Crippen molar-refractivity contribution in [2.75, 3.05) is 26.0 Å². The lowest BCUT2D eigenvalue weighted by atomic mass is 10.1. The third-order valence-corrected chi connectivity index (χ3v) is 5.76. The number of rotatable bonds is 2. The molecule has 5 nitrogen and oxygen atoms in total.